The van der Waals surface area contributed by atoms with E-state index in [4.69, 9.17) is 11.6 Å². The first kappa shape index (κ1) is 17.6. The summed E-state index contributed by atoms with van der Waals surface area (Å²) in [5, 5.41) is 1.77. The molecule has 0 amide bonds. The smallest absolute Gasteiger partial charge is 0.243 e. The van der Waals surface area contributed by atoms with Crippen LogP contribution in [0.25, 0.3) is 10.9 Å². The van der Waals surface area contributed by atoms with Crippen LogP contribution in [0.1, 0.15) is 30.0 Å². The molecule has 0 spiro atoms. The molecular weight excluding hydrogens is 368 g/mol. The molecule has 136 valence electrons. The van der Waals surface area contributed by atoms with Crippen molar-refractivity contribution >= 4 is 32.5 Å². The van der Waals surface area contributed by atoms with Gasteiger partial charge in [0, 0.05) is 40.6 Å². The van der Waals surface area contributed by atoms with E-state index in [1.807, 2.05) is 37.3 Å². The third-order valence-electron chi connectivity index (χ3n) is 5.14. The van der Waals surface area contributed by atoms with E-state index in [2.05, 4.69) is 11.1 Å². The minimum Gasteiger partial charge on any atom is -0.358 e. The monoisotopic (exact) mass is 388 g/mol. The Morgan fingerprint density at radius 3 is 2.77 bits per heavy atom. The average Bonchev–Trinajstić information content (AvgIpc) is 3.05. The van der Waals surface area contributed by atoms with Crippen molar-refractivity contribution in [3.05, 3.63) is 64.8 Å². The highest BCUT2D eigenvalue weighted by molar-refractivity contribution is 7.89. The van der Waals surface area contributed by atoms with E-state index in [1.54, 1.807) is 16.4 Å². The number of aryl methyl sites for hydroxylation is 1. The number of aromatic amines is 1. The lowest BCUT2D eigenvalue weighted by Gasteiger charge is -2.32. The highest BCUT2D eigenvalue weighted by Gasteiger charge is 2.32. The molecule has 1 aliphatic heterocycles. The summed E-state index contributed by atoms with van der Waals surface area (Å²) in [5.41, 5.74) is 2.89. The standard InChI is InChI=1S/C20H21ClN2O2S/c1-14-5-2-3-7-20(14)26(24,25)23-10-4-6-15(13-23)19-12-16-11-17(21)8-9-18(16)22-19/h2-3,5,7-9,11-12,15,22H,4,6,10,13H2,1H3. The molecule has 1 unspecified atom stereocenters. The SMILES string of the molecule is Cc1ccccc1S(=O)(=O)N1CCCC(c2cc3cc(Cl)ccc3[nH]2)C1. The number of nitrogens with one attached hydrogen (secondary N) is 1. The minimum atomic E-state index is -3.47. The summed E-state index contributed by atoms with van der Waals surface area (Å²) in [6, 6.07) is 15.0. The van der Waals surface area contributed by atoms with E-state index < -0.39 is 10.0 Å². The first-order valence-corrected chi connectivity index (χ1v) is 10.6. The van der Waals surface area contributed by atoms with Gasteiger partial charge in [0.1, 0.15) is 0 Å². The number of hydrogen-bond acceptors (Lipinski definition) is 2. The fraction of sp³-hybridized carbons (Fsp3) is 0.300. The normalized spacial score (nSPS) is 19.1. The topological polar surface area (TPSA) is 53.2 Å². The Morgan fingerprint density at radius 2 is 1.96 bits per heavy atom. The fourth-order valence-corrected chi connectivity index (χ4v) is 5.68. The third kappa shape index (κ3) is 3.15. The number of H-pyrrole nitrogens is 1. The largest absolute Gasteiger partial charge is 0.358 e. The van der Waals surface area contributed by atoms with Gasteiger partial charge in [0.05, 0.1) is 4.90 Å². The van der Waals surface area contributed by atoms with Crippen LogP contribution in [-0.4, -0.2) is 30.8 Å². The zero-order valence-corrected chi connectivity index (χ0v) is 16.1. The maximum absolute atomic E-state index is 13.1. The number of halogens is 1. The predicted octanol–water partition coefficient (Wildman–Crippen LogP) is 4.70. The van der Waals surface area contributed by atoms with Crippen molar-refractivity contribution in [2.24, 2.45) is 0 Å². The van der Waals surface area contributed by atoms with Crippen LogP contribution in [0.3, 0.4) is 0 Å². The number of fused-ring (bicyclic) bond motifs is 1. The van der Waals surface area contributed by atoms with E-state index >= 15 is 0 Å². The zero-order chi connectivity index (χ0) is 18.3. The first-order chi connectivity index (χ1) is 12.4. The van der Waals surface area contributed by atoms with Crippen molar-refractivity contribution in [1.29, 1.82) is 0 Å². The maximum Gasteiger partial charge on any atom is 0.243 e. The molecule has 1 atom stereocenters. The van der Waals surface area contributed by atoms with Crippen LogP contribution in [-0.2, 0) is 10.0 Å². The number of benzene rings is 2. The average molecular weight is 389 g/mol. The molecular formula is C20H21ClN2O2S. The predicted molar refractivity (Wildman–Crippen MR) is 105 cm³/mol. The second kappa shape index (κ2) is 6.72. The van der Waals surface area contributed by atoms with Crippen molar-refractivity contribution in [3.8, 4) is 0 Å². The summed E-state index contributed by atoms with van der Waals surface area (Å²) in [5.74, 6) is 0.161. The van der Waals surface area contributed by atoms with Gasteiger partial charge in [0.25, 0.3) is 0 Å². The van der Waals surface area contributed by atoms with Crippen LogP contribution in [0, 0.1) is 6.92 Å². The molecule has 2 aromatic carbocycles. The summed E-state index contributed by atoms with van der Waals surface area (Å²) in [6.45, 7) is 2.91. The Hall–Kier alpha value is -1.82. The lowest BCUT2D eigenvalue weighted by molar-refractivity contribution is 0.313. The number of hydrogen-bond donors (Lipinski definition) is 1. The van der Waals surface area contributed by atoms with Crippen LogP contribution in [0.5, 0.6) is 0 Å². The van der Waals surface area contributed by atoms with Gasteiger partial charge in [0.15, 0.2) is 0 Å². The molecule has 0 bridgehead atoms. The fourth-order valence-electron chi connectivity index (χ4n) is 3.75. The van der Waals surface area contributed by atoms with E-state index in [-0.39, 0.29) is 5.92 Å². The number of sulfonamides is 1. The van der Waals surface area contributed by atoms with Crippen LogP contribution in [0.15, 0.2) is 53.4 Å². The molecule has 2 heterocycles. The summed E-state index contributed by atoms with van der Waals surface area (Å²) in [4.78, 5) is 3.84. The molecule has 0 aliphatic carbocycles. The second-order valence-electron chi connectivity index (χ2n) is 6.92. The Kier molecular flexibility index (Phi) is 4.55. The summed E-state index contributed by atoms with van der Waals surface area (Å²) < 4.78 is 27.8. The van der Waals surface area contributed by atoms with Crippen molar-refractivity contribution in [3.63, 3.8) is 0 Å². The Morgan fingerprint density at radius 1 is 1.15 bits per heavy atom. The molecule has 1 aromatic heterocycles. The van der Waals surface area contributed by atoms with Crippen molar-refractivity contribution in [2.75, 3.05) is 13.1 Å². The lowest BCUT2D eigenvalue weighted by Crippen LogP contribution is -2.39. The second-order valence-corrected chi connectivity index (χ2v) is 9.27. The van der Waals surface area contributed by atoms with Gasteiger partial charge in [-0.3, -0.25) is 0 Å². The highest BCUT2D eigenvalue weighted by atomic mass is 35.5. The minimum absolute atomic E-state index is 0.161. The van der Waals surface area contributed by atoms with E-state index in [1.165, 1.54) is 0 Å². The van der Waals surface area contributed by atoms with Gasteiger partial charge < -0.3 is 4.98 Å². The molecule has 1 saturated heterocycles. The van der Waals surface area contributed by atoms with Crippen molar-refractivity contribution in [1.82, 2.24) is 9.29 Å². The molecule has 1 N–H and O–H groups in total. The van der Waals surface area contributed by atoms with Gasteiger partial charge in [-0.2, -0.15) is 4.31 Å². The van der Waals surface area contributed by atoms with Crippen LogP contribution in [0.4, 0.5) is 0 Å². The zero-order valence-electron chi connectivity index (χ0n) is 14.6. The summed E-state index contributed by atoms with van der Waals surface area (Å²) in [6.07, 6.45) is 1.83. The quantitative estimate of drug-likeness (QED) is 0.707. The van der Waals surface area contributed by atoms with Crippen molar-refractivity contribution < 1.29 is 8.42 Å². The van der Waals surface area contributed by atoms with Crippen LogP contribution >= 0.6 is 11.6 Å². The number of aromatic nitrogens is 1. The van der Waals surface area contributed by atoms with Gasteiger partial charge in [-0.25, -0.2) is 8.42 Å². The van der Waals surface area contributed by atoms with Gasteiger partial charge in [-0.15, -0.1) is 0 Å². The molecule has 4 nitrogen and oxygen atoms in total. The van der Waals surface area contributed by atoms with E-state index in [9.17, 15) is 8.42 Å². The van der Waals surface area contributed by atoms with Gasteiger partial charge in [-0.1, -0.05) is 29.8 Å². The molecule has 1 aliphatic rings. The van der Waals surface area contributed by atoms with Gasteiger partial charge >= 0.3 is 0 Å². The molecule has 3 aromatic rings. The molecule has 0 saturated carbocycles. The van der Waals surface area contributed by atoms with E-state index in [0.717, 1.165) is 35.0 Å². The molecule has 4 rings (SSSR count). The number of rotatable bonds is 3. The number of nitrogens with zero attached hydrogens (tertiary/aromatic N) is 1. The first-order valence-electron chi connectivity index (χ1n) is 8.79. The highest BCUT2D eigenvalue weighted by Crippen LogP contribution is 2.32. The molecule has 1 fully saturated rings. The lowest BCUT2D eigenvalue weighted by atomic mass is 9.96. The van der Waals surface area contributed by atoms with Crippen LogP contribution < -0.4 is 0 Å². The molecule has 6 heteroatoms. The molecule has 26 heavy (non-hydrogen) atoms. The van der Waals surface area contributed by atoms with Crippen LogP contribution in [0.2, 0.25) is 5.02 Å². The number of piperidine rings is 1. The Bertz CT molecular complexity index is 1060. The Labute approximate surface area is 158 Å². The van der Waals surface area contributed by atoms with E-state index in [0.29, 0.717) is 23.0 Å². The summed E-state index contributed by atoms with van der Waals surface area (Å²) in [7, 11) is -3.47. The van der Waals surface area contributed by atoms with Gasteiger partial charge in [-0.05, 0) is 55.7 Å². The maximum atomic E-state index is 13.1. The molecule has 0 radical (unpaired) electrons. The Balaban J connectivity index is 1.63. The van der Waals surface area contributed by atoms with Gasteiger partial charge in [0.2, 0.25) is 10.0 Å². The summed E-state index contributed by atoms with van der Waals surface area (Å²) >= 11 is 6.08. The van der Waals surface area contributed by atoms with Crippen molar-refractivity contribution in [2.45, 2.75) is 30.6 Å². The third-order valence-corrected chi connectivity index (χ3v) is 7.40.